The highest BCUT2D eigenvalue weighted by molar-refractivity contribution is 5.82. The van der Waals surface area contributed by atoms with Gasteiger partial charge in [0.15, 0.2) is 5.96 Å². The van der Waals surface area contributed by atoms with Crippen molar-refractivity contribution in [2.24, 2.45) is 4.99 Å². The number of unbranched alkanes of at least 4 members (excludes halogenated alkanes) is 1. The van der Waals surface area contributed by atoms with Crippen molar-refractivity contribution in [3.8, 4) is 0 Å². The Hall–Kier alpha value is -2.05. The van der Waals surface area contributed by atoms with Gasteiger partial charge in [-0.25, -0.2) is 0 Å². The summed E-state index contributed by atoms with van der Waals surface area (Å²) >= 11 is 0. The number of nitrogens with one attached hydrogen (secondary N) is 2. The highest BCUT2D eigenvalue weighted by Gasteiger charge is 2.11. The van der Waals surface area contributed by atoms with Crippen LogP contribution >= 0.6 is 0 Å². The lowest BCUT2D eigenvalue weighted by molar-refractivity contribution is 0.0372. The van der Waals surface area contributed by atoms with Gasteiger partial charge in [0.1, 0.15) is 11.3 Å². The number of aliphatic imine (C=N–C) groups is 1. The van der Waals surface area contributed by atoms with Gasteiger partial charge in [-0.05, 0) is 32.4 Å². The Balaban J connectivity index is 1.38. The zero-order valence-corrected chi connectivity index (χ0v) is 15.9. The highest BCUT2D eigenvalue weighted by Crippen LogP contribution is 2.24. The minimum atomic E-state index is 0.633. The number of morpholine rings is 1. The summed E-state index contributed by atoms with van der Waals surface area (Å²) in [6.45, 7) is 8.67. The Kier molecular flexibility index (Phi) is 6.91. The average molecular weight is 358 g/mol. The number of hydrogen-bond donors (Lipinski definition) is 2. The van der Waals surface area contributed by atoms with Gasteiger partial charge in [-0.3, -0.25) is 9.89 Å². The van der Waals surface area contributed by atoms with E-state index in [1.165, 1.54) is 17.4 Å². The van der Waals surface area contributed by atoms with E-state index in [9.17, 15) is 0 Å². The van der Waals surface area contributed by atoms with Crippen molar-refractivity contribution in [2.45, 2.75) is 26.3 Å². The summed E-state index contributed by atoms with van der Waals surface area (Å²) in [5, 5.41) is 7.91. The van der Waals surface area contributed by atoms with Gasteiger partial charge >= 0.3 is 0 Å². The molecule has 0 atom stereocenters. The molecule has 142 valence electrons. The minimum absolute atomic E-state index is 0.633. The van der Waals surface area contributed by atoms with Crippen molar-refractivity contribution in [1.82, 2.24) is 15.5 Å². The van der Waals surface area contributed by atoms with Crippen LogP contribution < -0.4 is 10.6 Å². The number of nitrogens with zero attached hydrogens (tertiary/aromatic N) is 2. The number of hydrogen-bond acceptors (Lipinski definition) is 4. The first kappa shape index (κ1) is 18.7. The molecule has 0 aliphatic carbocycles. The van der Waals surface area contributed by atoms with E-state index in [4.69, 9.17) is 9.15 Å². The molecule has 1 fully saturated rings. The molecular weight excluding hydrogens is 328 g/mol. The van der Waals surface area contributed by atoms with Crippen molar-refractivity contribution >= 4 is 16.9 Å². The number of fused-ring (bicyclic) bond motifs is 1. The number of benzene rings is 1. The summed E-state index contributed by atoms with van der Waals surface area (Å²) in [6, 6.07) is 8.14. The zero-order valence-electron chi connectivity index (χ0n) is 15.9. The maximum atomic E-state index is 5.94. The number of furan rings is 1. The predicted octanol–water partition coefficient (Wildman–Crippen LogP) is 2.52. The lowest BCUT2D eigenvalue weighted by Gasteiger charge is -2.26. The van der Waals surface area contributed by atoms with Gasteiger partial charge in [-0.15, -0.1) is 0 Å². The van der Waals surface area contributed by atoms with Gasteiger partial charge in [-0.1, -0.05) is 18.2 Å². The van der Waals surface area contributed by atoms with Gasteiger partial charge in [0.2, 0.25) is 0 Å². The third kappa shape index (κ3) is 4.99. The number of rotatable bonds is 7. The van der Waals surface area contributed by atoms with E-state index >= 15 is 0 Å². The van der Waals surface area contributed by atoms with Crippen molar-refractivity contribution in [1.29, 1.82) is 0 Å². The molecule has 0 spiro atoms. The summed E-state index contributed by atoms with van der Waals surface area (Å²) in [5.74, 6) is 1.78. The first-order valence-electron chi connectivity index (χ1n) is 9.49. The Bertz CT molecular complexity index is 720. The number of guanidine groups is 1. The Morgan fingerprint density at radius 2 is 1.96 bits per heavy atom. The molecule has 6 nitrogen and oxygen atoms in total. The molecule has 6 heteroatoms. The standard InChI is InChI=1S/C20H30N4O2/c1-16-17-7-3-4-8-18(17)26-19(16)15-23-20(21-2)22-9-5-6-10-24-11-13-25-14-12-24/h3-4,7-8H,5-6,9-15H2,1-2H3,(H2,21,22,23). The quantitative estimate of drug-likeness (QED) is 0.452. The maximum Gasteiger partial charge on any atom is 0.191 e. The normalized spacial score (nSPS) is 16.2. The molecule has 3 rings (SSSR count). The molecule has 2 aromatic rings. The molecule has 1 aromatic carbocycles. The second kappa shape index (κ2) is 9.59. The molecule has 0 unspecified atom stereocenters. The SMILES string of the molecule is CN=C(NCCCCN1CCOCC1)NCc1oc2ccccc2c1C. The minimum Gasteiger partial charge on any atom is -0.459 e. The van der Waals surface area contributed by atoms with Crippen molar-refractivity contribution in [3.63, 3.8) is 0 Å². The van der Waals surface area contributed by atoms with Crippen molar-refractivity contribution in [2.75, 3.05) is 46.4 Å². The van der Waals surface area contributed by atoms with Crippen LogP contribution in [0.4, 0.5) is 0 Å². The fraction of sp³-hybridized carbons (Fsp3) is 0.550. The maximum absolute atomic E-state index is 5.94. The Morgan fingerprint density at radius 1 is 1.15 bits per heavy atom. The first-order valence-corrected chi connectivity index (χ1v) is 9.49. The van der Waals surface area contributed by atoms with Crippen LogP contribution in [0.3, 0.4) is 0 Å². The van der Waals surface area contributed by atoms with E-state index in [1.807, 2.05) is 18.2 Å². The predicted molar refractivity (Wildman–Crippen MR) is 106 cm³/mol. The zero-order chi connectivity index (χ0) is 18.2. The summed E-state index contributed by atoms with van der Waals surface area (Å²) in [5.41, 5.74) is 2.13. The van der Waals surface area contributed by atoms with Crippen molar-refractivity contribution < 1.29 is 9.15 Å². The summed E-state index contributed by atoms with van der Waals surface area (Å²) in [6.07, 6.45) is 2.31. The summed E-state index contributed by atoms with van der Waals surface area (Å²) in [4.78, 5) is 6.77. The highest BCUT2D eigenvalue weighted by atomic mass is 16.5. The van der Waals surface area contributed by atoms with Crippen LogP contribution in [0, 0.1) is 6.92 Å². The van der Waals surface area contributed by atoms with Gasteiger partial charge in [0.05, 0.1) is 19.8 Å². The smallest absolute Gasteiger partial charge is 0.191 e. The molecule has 0 amide bonds. The monoisotopic (exact) mass is 358 g/mol. The summed E-state index contributed by atoms with van der Waals surface area (Å²) < 4.78 is 11.3. The number of ether oxygens (including phenoxy) is 1. The average Bonchev–Trinajstić information content (AvgIpc) is 3.01. The lowest BCUT2D eigenvalue weighted by atomic mass is 10.1. The van der Waals surface area contributed by atoms with Crippen LogP contribution in [0.1, 0.15) is 24.2 Å². The van der Waals surface area contributed by atoms with E-state index in [0.717, 1.165) is 63.1 Å². The molecule has 1 saturated heterocycles. The first-order chi connectivity index (χ1) is 12.8. The third-order valence-corrected chi connectivity index (χ3v) is 4.88. The number of para-hydroxylation sites is 1. The van der Waals surface area contributed by atoms with Gasteiger partial charge in [0.25, 0.3) is 0 Å². The van der Waals surface area contributed by atoms with E-state index in [2.05, 4.69) is 33.5 Å². The fourth-order valence-electron chi connectivity index (χ4n) is 3.27. The van der Waals surface area contributed by atoms with Crippen LogP contribution in [-0.4, -0.2) is 57.3 Å². The second-order valence-electron chi connectivity index (χ2n) is 6.66. The number of aryl methyl sites for hydroxylation is 1. The third-order valence-electron chi connectivity index (χ3n) is 4.88. The largest absolute Gasteiger partial charge is 0.459 e. The van der Waals surface area contributed by atoms with E-state index < -0.39 is 0 Å². The van der Waals surface area contributed by atoms with Crippen LogP contribution in [0.2, 0.25) is 0 Å². The molecule has 1 aliphatic heterocycles. The molecule has 0 radical (unpaired) electrons. The van der Waals surface area contributed by atoms with Gasteiger partial charge in [0, 0.05) is 37.6 Å². The second-order valence-corrected chi connectivity index (χ2v) is 6.66. The summed E-state index contributed by atoms with van der Waals surface area (Å²) in [7, 11) is 1.80. The fourth-order valence-corrected chi connectivity index (χ4v) is 3.27. The molecule has 1 aliphatic rings. The molecule has 1 aromatic heterocycles. The van der Waals surface area contributed by atoms with Crippen LogP contribution in [0.25, 0.3) is 11.0 Å². The molecule has 0 bridgehead atoms. The van der Waals surface area contributed by atoms with Crippen LogP contribution in [0.15, 0.2) is 33.7 Å². The lowest BCUT2D eigenvalue weighted by Crippen LogP contribution is -2.38. The van der Waals surface area contributed by atoms with Crippen molar-refractivity contribution in [3.05, 3.63) is 35.6 Å². The topological polar surface area (TPSA) is 62.0 Å². The van der Waals surface area contributed by atoms with E-state index in [0.29, 0.717) is 6.54 Å². The Labute approximate surface area is 155 Å². The van der Waals surface area contributed by atoms with Gasteiger partial charge in [-0.2, -0.15) is 0 Å². The molecule has 2 heterocycles. The molecule has 2 N–H and O–H groups in total. The van der Waals surface area contributed by atoms with E-state index in [1.54, 1.807) is 7.05 Å². The van der Waals surface area contributed by atoms with E-state index in [-0.39, 0.29) is 0 Å². The molecule has 0 saturated carbocycles. The molecule has 26 heavy (non-hydrogen) atoms. The molecular formula is C20H30N4O2. The van der Waals surface area contributed by atoms with Crippen LogP contribution in [0.5, 0.6) is 0 Å². The van der Waals surface area contributed by atoms with Gasteiger partial charge < -0.3 is 19.8 Å². The van der Waals surface area contributed by atoms with Crippen LogP contribution in [-0.2, 0) is 11.3 Å². The Morgan fingerprint density at radius 3 is 2.73 bits per heavy atom.